The molecule has 41 heavy (non-hydrogen) atoms. The van der Waals surface area contributed by atoms with Crippen LogP contribution in [0.1, 0.15) is 0 Å². The number of nitrogens with zero attached hydrogens (tertiary/aromatic N) is 1. The molecular weight excluding hydrogens is 684 g/mol. The number of alkyl halides is 22. The third-order valence-corrected chi connectivity index (χ3v) is 7.11. The molecule has 1 unspecified atom stereocenters. The van der Waals surface area contributed by atoms with Gasteiger partial charge in [-0.05, 0) is 0 Å². The summed E-state index contributed by atoms with van der Waals surface area (Å²) in [4.78, 5) is 11.8. The fourth-order valence-corrected chi connectivity index (χ4v) is 4.38. The average Bonchev–Trinajstić information content (AvgIpc) is 2.72. The lowest BCUT2D eigenvalue weighted by Gasteiger charge is -2.48. The number of sulfonamides is 1. The fourth-order valence-electron chi connectivity index (χ4n) is 2.92. The molecule has 0 bridgehead atoms. The molecule has 1 heterocycles. The number of cyclic esters (lactones) is 1. The van der Waals surface area contributed by atoms with Gasteiger partial charge in [-0.2, -0.15) is 101 Å². The quantitative estimate of drug-likeness (QED) is 0.267. The summed E-state index contributed by atoms with van der Waals surface area (Å²) in [5.74, 6) is -57.1. The molecule has 0 aromatic carbocycles. The second-order valence-electron chi connectivity index (χ2n) is 7.55. The molecule has 0 N–H and O–H groups in total. The molecule has 5 nitrogen and oxygen atoms in total. The third-order valence-electron chi connectivity index (χ3n) is 5.21. The maximum absolute atomic E-state index is 14.7. The molecule has 0 amide bonds. The lowest BCUT2D eigenvalue weighted by atomic mass is 9.79. The number of carbonyl (C=O) groups is 1. The van der Waals surface area contributed by atoms with Crippen LogP contribution in [0.5, 0.6) is 0 Å². The predicted octanol–water partition coefficient (Wildman–Crippen LogP) is 5.67. The Hall–Kier alpha value is -2.16. The molecule has 0 aliphatic carbocycles. The van der Waals surface area contributed by atoms with Crippen molar-refractivity contribution in [3.05, 3.63) is 0 Å². The smallest absolute Gasteiger partial charge is 0.394 e. The molecule has 28 heteroatoms. The monoisotopic (exact) mass is 687 g/mol. The van der Waals surface area contributed by atoms with Crippen molar-refractivity contribution in [1.82, 2.24) is 4.31 Å². The van der Waals surface area contributed by atoms with Crippen LogP contribution in [0.3, 0.4) is 0 Å². The van der Waals surface area contributed by atoms with Gasteiger partial charge in [-0.25, -0.2) is 13.2 Å². The topological polar surface area (TPSA) is 63.7 Å². The highest BCUT2D eigenvalue weighted by molar-refractivity contribution is 7.90. The van der Waals surface area contributed by atoms with Crippen molar-refractivity contribution in [1.29, 1.82) is 0 Å². The van der Waals surface area contributed by atoms with Gasteiger partial charge in [-0.3, -0.25) is 0 Å². The van der Waals surface area contributed by atoms with E-state index < -0.39 is 92.1 Å². The van der Waals surface area contributed by atoms with Crippen LogP contribution in [0.15, 0.2) is 0 Å². The first kappa shape index (κ1) is 36.9. The van der Waals surface area contributed by atoms with Gasteiger partial charge in [0.2, 0.25) is 0 Å². The Morgan fingerprint density at radius 1 is 0.610 bits per heavy atom. The number of hydrogen-bond donors (Lipinski definition) is 0. The Bertz CT molecular complexity index is 1170. The number of carbonyl (C=O) groups excluding carboxylic acids is 1. The van der Waals surface area contributed by atoms with Crippen LogP contribution in [0.25, 0.3) is 0 Å². The highest BCUT2D eigenvalue weighted by Gasteiger charge is 2.99. The number of halogens is 22. The van der Waals surface area contributed by atoms with Crippen LogP contribution in [-0.2, 0) is 19.6 Å². The molecule has 1 aliphatic heterocycles. The normalized spacial score (nSPS) is 26.0. The van der Waals surface area contributed by atoms with Gasteiger partial charge in [0.15, 0.2) is 0 Å². The number of ether oxygens (including phenoxy) is 1. The van der Waals surface area contributed by atoms with Crippen LogP contribution >= 0.6 is 0 Å². The zero-order chi connectivity index (χ0) is 33.9. The molecular formula is C13H3F22NO4S. The SMILES string of the molecule is CN(C1(C(F)(F)C(F)(F)F)C(=O)OC(F)(F)C(F)(F)C(F)(F)C1(F)F)S(=O)(=O)C(F)(F)C(F)(F)C(F)(F)C(F)(F)F. The Kier molecular flexibility index (Phi) is 7.82. The lowest BCUT2D eigenvalue weighted by Crippen LogP contribution is -2.82. The van der Waals surface area contributed by atoms with E-state index >= 15 is 0 Å². The van der Waals surface area contributed by atoms with Crippen molar-refractivity contribution in [3.8, 4) is 0 Å². The van der Waals surface area contributed by atoms with Crippen molar-refractivity contribution in [3.63, 3.8) is 0 Å². The van der Waals surface area contributed by atoms with Crippen molar-refractivity contribution < 1.29 is 115 Å². The zero-order valence-corrected chi connectivity index (χ0v) is 18.6. The van der Waals surface area contributed by atoms with Crippen molar-refractivity contribution in [2.75, 3.05) is 7.05 Å². The van der Waals surface area contributed by atoms with Gasteiger partial charge in [0, 0.05) is 7.05 Å². The van der Waals surface area contributed by atoms with Crippen molar-refractivity contribution >= 4 is 16.0 Å². The molecule has 0 aromatic heterocycles. The van der Waals surface area contributed by atoms with E-state index in [1.165, 1.54) is 0 Å². The zero-order valence-electron chi connectivity index (χ0n) is 17.8. The molecule has 244 valence electrons. The fraction of sp³-hybridized carbons (Fsp3) is 0.923. The highest BCUT2D eigenvalue weighted by atomic mass is 32.2. The van der Waals surface area contributed by atoms with E-state index in [9.17, 15) is 110 Å². The van der Waals surface area contributed by atoms with Crippen LogP contribution in [0.4, 0.5) is 96.6 Å². The molecule has 1 saturated heterocycles. The minimum atomic E-state index is -9.50. The van der Waals surface area contributed by atoms with Crippen LogP contribution in [0, 0.1) is 0 Å². The van der Waals surface area contributed by atoms with Gasteiger partial charge >= 0.3 is 65.2 Å². The molecule has 0 saturated carbocycles. The standard InChI is InChI=1S/C13H3F22NO4S/c1-36(41(38,39)13(34,35)9(24,25)7(20,21)11(29,30)31)3(5(16,17)10(26,27)28)2(37)40-12(32,33)8(22,23)6(18,19)4(3,14)15/h1H3. The number of rotatable bonds is 6. The van der Waals surface area contributed by atoms with Gasteiger partial charge < -0.3 is 4.74 Å². The maximum Gasteiger partial charge on any atom is 0.473 e. The summed E-state index contributed by atoms with van der Waals surface area (Å²) < 4.78 is 319. The average molecular weight is 687 g/mol. The van der Waals surface area contributed by atoms with E-state index in [1.807, 2.05) is 0 Å². The first-order valence-electron chi connectivity index (χ1n) is 8.66. The Morgan fingerprint density at radius 3 is 1.29 bits per heavy atom. The van der Waals surface area contributed by atoms with E-state index in [-0.39, 0.29) is 0 Å². The third kappa shape index (κ3) is 3.96. The van der Waals surface area contributed by atoms with Gasteiger partial charge in [0.05, 0.1) is 0 Å². The molecule has 0 spiro atoms. The summed E-state index contributed by atoms with van der Waals surface area (Å²) in [5.41, 5.74) is -8.39. The van der Waals surface area contributed by atoms with Gasteiger partial charge in [0.1, 0.15) is 0 Å². The Labute approximate surface area is 208 Å². The second-order valence-corrected chi connectivity index (χ2v) is 9.56. The van der Waals surface area contributed by atoms with Crippen molar-refractivity contribution in [2.45, 2.75) is 64.8 Å². The highest BCUT2D eigenvalue weighted by Crippen LogP contribution is 2.66. The molecule has 1 fully saturated rings. The molecule has 1 aliphatic rings. The minimum absolute atomic E-state index is 1.79. The molecule has 1 rings (SSSR count). The Morgan fingerprint density at radius 2 is 0.976 bits per heavy atom. The van der Waals surface area contributed by atoms with Gasteiger partial charge in [-0.1, -0.05) is 0 Å². The lowest BCUT2D eigenvalue weighted by molar-refractivity contribution is -0.418. The molecule has 1 atom stereocenters. The summed E-state index contributed by atoms with van der Waals surface area (Å²) >= 11 is 0. The van der Waals surface area contributed by atoms with Crippen LogP contribution in [0.2, 0.25) is 0 Å². The summed E-state index contributed by atoms with van der Waals surface area (Å²) in [6, 6.07) is 0. The van der Waals surface area contributed by atoms with Gasteiger partial charge in [0.25, 0.3) is 15.6 Å². The minimum Gasteiger partial charge on any atom is -0.394 e. The number of hydrogen-bond acceptors (Lipinski definition) is 4. The number of likely N-dealkylation sites (N-methyl/N-ethyl adjacent to an activating group) is 1. The van der Waals surface area contributed by atoms with E-state index in [0.717, 1.165) is 0 Å². The first-order valence-corrected chi connectivity index (χ1v) is 10.1. The van der Waals surface area contributed by atoms with Gasteiger partial charge in [-0.15, -0.1) is 0 Å². The van der Waals surface area contributed by atoms with E-state index in [4.69, 9.17) is 0 Å². The summed E-state index contributed by atoms with van der Waals surface area (Å²) in [6.45, 7) is 0. The molecule has 0 radical (unpaired) electrons. The molecule has 0 aromatic rings. The summed E-state index contributed by atoms with van der Waals surface area (Å²) in [6.07, 6.45) is -24.1. The van der Waals surface area contributed by atoms with Crippen LogP contribution < -0.4 is 0 Å². The second kappa shape index (κ2) is 8.70. The predicted molar refractivity (Wildman–Crippen MR) is 77.2 cm³/mol. The Balaban J connectivity index is 4.51. The summed E-state index contributed by atoms with van der Waals surface area (Å²) in [7, 11) is -11.5. The van der Waals surface area contributed by atoms with E-state index in [2.05, 4.69) is 0 Å². The number of esters is 1. The summed E-state index contributed by atoms with van der Waals surface area (Å²) in [5, 5.41) is -8.70. The van der Waals surface area contributed by atoms with Crippen molar-refractivity contribution in [2.24, 2.45) is 0 Å². The van der Waals surface area contributed by atoms with E-state index in [0.29, 0.717) is 0 Å². The maximum atomic E-state index is 14.7. The van der Waals surface area contributed by atoms with E-state index in [1.54, 1.807) is 4.74 Å². The van der Waals surface area contributed by atoms with Crippen LogP contribution in [-0.4, -0.2) is 90.5 Å². The largest absolute Gasteiger partial charge is 0.473 e. The first-order chi connectivity index (χ1) is 17.3.